The van der Waals surface area contributed by atoms with Crippen LogP contribution in [0.2, 0.25) is 0 Å². The van der Waals surface area contributed by atoms with Crippen LogP contribution in [-0.4, -0.2) is 17.2 Å². The highest BCUT2D eigenvalue weighted by Crippen LogP contribution is 2.03. The van der Waals surface area contributed by atoms with Crippen molar-refractivity contribution in [2.75, 3.05) is 0 Å². The van der Waals surface area contributed by atoms with Crippen LogP contribution < -0.4 is 5.46 Å². The van der Waals surface area contributed by atoms with Gasteiger partial charge in [0.15, 0.2) is 0 Å². The Bertz CT molecular complexity index is 312. The summed E-state index contributed by atoms with van der Waals surface area (Å²) in [6, 6.07) is 4.36. The topological polar surface area (TPSA) is 40.5 Å². The average molecular weight is 180 g/mol. The summed E-state index contributed by atoms with van der Waals surface area (Å²) >= 11 is 0. The predicted octanol–water partition coefficient (Wildman–Crippen LogP) is 0.234. The Morgan fingerprint density at radius 3 is 2.69 bits per heavy atom. The van der Waals surface area contributed by atoms with Gasteiger partial charge in [0.1, 0.15) is 5.82 Å². The van der Waals surface area contributed by atoms with Crippen LogP contribution in [0.4, 0.5) is 4.39 Å². The molecule has 0 aliphatic carbocycles. The third-order valence-electron chi connectivity index (χ3n) is 1.77. The second-order valence-electron chi connectivity index (χ2n) is 2.68. The van der Waals surface area contributed by atoms with E-state index in [0.29, 0.717) is 12.0 Å². The summed E-state index contributed by atoms with van der Waals surface area (Å²) in [6.07, 6.45) is 2.01. The van der Waals surface area contributed by atoms with Crippen molar-refractivity contribution in [2.45, 2.75) is 6.42 Å². The fourth-order valence-electron chi connectivity index (χ4n) is 1.20. The van der Waals surface area contributed by atoms with Gasteiger partial charge in [-0.3, -0.25) is 0 Å². The van der Waals surface area contributed by atoms with E-state index in [2.05, 4.69) is 6.58 Å². The Morgan fingerprint density at radius 2 is 2.15 bits per heavy atom. The molecule has 0 unspecified atom stereocenters. The van der Waals surface area contributed by atoms with E-state index in [1.807, 2.05) is 0 Å². The zero-order valence-corrected chi connectivity index (χ0v) is 7.07. The van der Waals surface area contributed by atoms with Crippen LogP contribution >= 0.6 is 0 Å². The molecule has 0 fully saturated rings. The molecule has 0 spiro atoms. The highest BCUT2D eigenvalue weighted by molar-refractivity contribution is 6.59. The molecule has 0 atom stereocenters. The molecule has 0 aliphatic rings. The van der Waals surface area contributed by atoms with Crippen LogP contribution in [0.25, 0.3) is 0 Å². The molecule has 0 amide bonds. The minimum absolute atomic E-state index is 0.0672. The monoisotopic (exact) mass is 180 g/mol. The summed E-state index contributed by atoms with van der Waals surface area (Å²) in [5.41, 5.74) is 0.479. The third kappa shape index (κ3) is 2.17. The van der Waals surface area contributed by atoms with Gasteiger partial charge in [0.2, 0.25) is 0 Å². The van der Waals surface area contributed by atoms with E-state index in [1.54, 1.807) is 12.1 Å². The lowest BCUT2D eigenvalue weighted by Gasteiger charge is -2.07. The second kappa shape index (κ2) is 4.21. The molecule has 0 saturated heterocycles. The quantitative estimate of drug-likeness (QED) is 0.516. The number of allylic oxidation sites excluding steroid dienone is 1. The van der Waals surface area contributed by atoms with E-state index in [0.717, 1.165) is 0 Å². The zero-order valence-electron chi connectivity index (χ0n) is 7.07. The molecule has 0 heterocycles. The van der Waals surface area contributed by atoms with E-state index in [9.17, 15) is 4.39 Å². The van der Waals surface area contributed by atoms with E-state index in [4.69, 9.17) is 10.0 Å². The molecule has 1 aromatic rings. The highest BCUT2D eigenvalue weighted by atomic mass is 19.1. The van der Waals surface area contributed by atoms with Crippen molar-refractivity contribution in [1.29, 1.82) is 0 Å². The van der Waals surface area contributed by atoms with Gasteiger partial charge in [0.25, 0.3) is 0 Å². The highest BCUT2D eigenvalue weighted by Gasteiger charge is 2.19. The van der Waals surface area contributed by atoms with E-state index < -0.39 is 12.9 Å². The summed E-state index contributed by atoms with van der Waals surface area (Å²) in [4.78, 5) is 0. The van der Waals surface area contributed by atoms with Crippen molar-refractivity contribution in [3.8, 4) is 0 Å². The normalized spacial score (nSPS) is 9.77. The molecule has 1 aromatic carbocycles. The van der Waals surface area contributed by atoms with Gasteiger partial charge in [-0.05, 0) is 18.1 Å². The molecule has 0 aromatic heterocycles. The number of rotatable bonds is 3. The Balaban J connectivity index is 3.17. The van der Waals surface area contributed by atoms with Crippen LogP contribution in [-0.2, 0) is 6.42 Å². The van der Waals surface area contributed by atoms with Crippen molar-refractivity contribution in [3.63, 3.8) is 0 Å². The molecule has 0 radical (unpaired) electrons. The van der Waals surface area contributed by atoms with Crippen LogP contribution in [0.1, 0.15) is 5.56 Å². The first kappa shape index (κ1) is 9.96. The fraction of sp³-hybridized carbons (Fsp3) is 0.111. The number of hydrogen-bond donors (Lipinski definition) is 2. The lowest BCUT2D eigenvalue weighted by molar-refractivity contribution is 0.422. The van der Waals surface area contributed by atoms with Gasteiger partial charge < -0.3 is 10.0 Å². The molecule has 0 bridgehead atoms. The molecule has 4 heteroatoms. The van der Waals surface area contributed by atoms with Gasteiger partial charge in [-0.25, -0.2) is 4.39 Å². The molecule has 2 nitrogen and oxygen atoms in total. The lowest BCUT2D eigenvalue weighted by Crippen LogP contribution is -2.35. The first-order valence-corrected chi connectivity index (χ1v) is 3.91. The zero-order chi connectivity index (χ0) is 9.84. The summed E-state index contributed by atoms with van der Waals surface area (Å²) in [6.45, 7) is 3.50. The maximum absolute atomic E-state index is 13.1. The van der Waals surface area contributed by atoms with Crippen molar-refractivity contribution in [3.05, 3.63) is 42.2 Å². The summed E-state index contributed by atoms with van der Waals surface area (Å²) in [5, 5.41) is 17.8. The number of hydrogen-bond acceptors (Lipinski definition) is 2. The molecule has 13 heavy (non-hydrogen) atoms. The minimum Gasteiger partial charge on any atom is -0.423 e. The molecular formula is C9H10BFO2. The minimum atomic E-state index is -1.77. The Labute approximate surface area is 76.5 Å². The van der Waals surface area contributed by atoms with Gasteiger partial charge in [-0.2, -0.15) is 0 Å². The van der Waals surface area contributed by atoms with Gasteiger partial charge in [-0.15, -0.1) is 6.58 Å². The number of benzene rings is 1. The average Bonchev–Trinajstić information content (AvgIpc) is 2.04. The number of halogens is 1. The van der Waals surface area contributed by atoms with Crippen LogP contribution in [0.3, 0.4) is 0 Å². The van der Waals surface area contributed by atoms with E-state index in [-0.39, 0.29) is 5.46 Å². The Hall–Kier alpha value is -1.13. The standard InChI is InChI=1S/C9H10BFO2/c1-2-4-7-5-3-6-8(11)9(7)10(12)13/h2-3,5-6,12-13H,1,4H2. The first-order chi connectivity index (χ1) is 6.16. The van der Waals surface area contributed by atoms with Crippen molar-refractivity contribution in [1.82, 2.24) is 0 Å². The molecule has 0 saturated carbocycles. The maximum atomic E-state index is 13.1. The second-order valence-corrected chi connectivity index (χ2v) is 2.68. The Kier molecular flexibility index (Phi) is 3.22. The molecule has 2 N–H and O–H groups in total. The third-order valence-corrected chi connectivity index (χ3v) is 1.77. The molecule has 68 valence electrons. The first-order valence-electron chi connectivity index (χ1n) is 3.91. The maximum Gasteiger partial charge on any atom is 0.491 e. The van der Waals surface area contributed by atoms with Gasteiger partial charge in [0, 0.05) is 5.46 Å². The largest absolute Gasteiger partial charge is 0.491 e. The molecule has 0 aliphatic heterocycles. The van der Waals surface area contributed by atoms with Crippen molar-refractivity contribution < 1.29 is 14.4 Å². The predicted molar refractivity (Wildman–Crippen MR) is 50.1 cm³/mol. The summed E-state index contributed by atoms with van der Waals surface area (Å²) < 4.78 is 13.1. The molecular weight excluding hydrogens is 170 g/mol. The Morgan fingerprint density at radius 1 is 1.46 bits per heavy atom. The van der Waals surface area contributed by atoms with Crippen LogP contribution in [0, 0.1) is 5.82 Å². The van der Waals surface area contributed by atoms with Crippen LogP contribution in [0.5, 0.6) is 0 Å². The smallest absolute Gasteiger partial charge is 0.423 e. The van der Waals surface area contributed by atoms with Crippen LogP contribution in [0.15, 0.2) is 30.9 Å². The summed E-state index contributed by atoms with van der Waals surface area (Å²) in [5.74, 6) is -0.602. The summed E-state index contributed by atoms with van der Waals surface area (Å²) in [7, 11) is -1.77. The van der Waals surface area contributed by atoms with Gasteiger partial charge in [0.05, 0.1) is 0 Å². The van der Waals surface area contributed by atoms with E-state index in [1.165, 1.54) is 12.1 Å². The van der Waals surface area contributed by atoms with Crippen molar-refractivity contribution >= 4 is 12.6 Å². The lowest BCUT2D eigenvalue weighted by atomic mass is 9.76. The molecule has 1 rings (SSSR count). The van der Waals surface area contributed by atoms with E-state index >= 15 is 0 Å². The van der Waals surface area contributed by atoms with Gasteiger partial charge in [-0.1, -0.05) is 18.2 Å². The van der Waals surface area contributed by atoms with Gasteiger partial charge >= 0.3 is 7.12 Å². The SMILES string of the molecule is C=CCc1cccc(F)c1B(O)O. The van der Waals surface area contributed by atoms with Crippen molar-refractivity contribution in [2.24, 2.45) is 0 Å². The fourth-order valence-corrected chi connectivity index (χ4v) is 1.20.